The molecule has 1 aliphatic heterocycles. The SMILES string of the molecule is Cc1cc(-n2cccn2)ccc1-c1c(C#N)c(N)nc2c1CO[C@@H]2C. The van der Waals surface area contributed by atoms with Crippen LogP contribution in [0.25, 0.3) is 16.8 Å². The van der Waals surface area contributed by atoms with E-state index in [0.717, 1.165) is 33.6 Å². The van der Waals surface area contributed by atoms with Gasteiger partial charge in [-0.3, -0.25) is 0 Å². The molecule has 0 bridgehead atoms. The Morgan fingerprint density at radius 2 is 2.24 bits per heavy atom. The van der Waals surface area contributed by atoms with Crippen LogP contribution in [0.3, 0.4) is 0 Å². The van der Waals surface area contributed by atoms with Gasteiger partial charge < -0.3 is 10.5 Å². The third-order valence-electron chi connectivity index (χ3n) is 4.58. The summed E-state index contributed by atoms with van der Waals surface area (Å²) in [5.41, 5.74) is 12.0. The quantitative estimate of drug-likeness (QED) is 0.778. The molecule has 0 amide bonds. The van der Waals surface area contributed by atoms with Crippen molar-refractivity contribution in [2.24, 2.45) is 0 Å². The van der Waals surface area contributed by atoms with Crippen LogP contribution in [0.4, 0.5) is 5.82 Å². The van der Waals surface area contributed by atoms with E-state index in [1.54, 1.807) is 10.9 Å². The first-order chi connectivity index (χ1) is 12.1. The molecule has 1 aliphatic rings. The molecule has 4 rings (SSSR count). The number of nitrogen functional groups attached to an aromatic ring is 1. The topological polar surface area (TPSA) is 89.8 Å². The van der Waals surface area contributed by atoms with Crippen LogP contribution in [-0.2, 0) is 11.3 Å². The van der Waals surface area contributed by atoms with Gasteiger partial charge in [0.15, 0.2) is 0 Å². The van der Waals surface area contributed by atoms with Crippen LogP contribution in [0.1, 0.15) is 35.4 Å². The van der Waals surface area contributed by atoms with Crippen LogP contribution >= 0.6 is 0 Å². The minimum absolute atomic E-state index is 0.118. The van der Waals surface area contributed by atoms with Crippen LogP contribution in [0.2, 0.25) is 0 Å². The Kier molecular flexibility index (Phi) is 3.52. The van der Waals surface area contributed by atoms with Gasteiger partial charge in [-0.1, -0.05) is 6.07 Å². The highest BCUT2D eigenvalue weighted by atomic mass is 16.5. The van der Waals surface area contributed by atoms with Crippen LogP contribution in [-0.4, -0.2) is 14.8 Å². The summed E-state index contributed by atoms with van der Waals surface area (Å²) >= 11 is 0. The molecule has 1 atom stereocenters. The first kappa shape index (κ1) is 15.4. The predicted octanol–water partition coefficient (Wildman–Crippen LogP) is 3.29. The van der Waals surface area contributed by atoms with Crippen LogP contribution in [0, 0.1) is 18.3 Å². The molecule has 6 heteroatoms. The van der Waals surface area contributed by atoms with Crippen LogP contribution in [0.15, 0.2) is 36.7 Å². The average Bonchev–Trinajstić information content (AvgIpc) is 3.25. The Balaban J connectivity index is 1.94. The Labute approximate surface area is 145 Å². The summed E-state index contributed by atoms with van der Waals surface area (Å²) in [7, 11) is 0. The van der Waals surface area contributed by atoms with Gasteiger partial charge in [-0.15, -0.1) is 0 Å². The maximum atomic E-state index is 9.63. The van der Waals surface area contributed by atoms with E-state index >= 15 is 0 Å². The van der Waals surface area contributed by atoms with Crippen LogP contribution in [0.5, 0.6) is 0 Å². The highest BCUT2D eigenvalue weighted by Crippen LogP contribution is 2.41. The number of nitrogens with zero attached hydrogens (tertiary/aromatic N) is 4. The van der Waals surface area contributed by atoms with Crippen molar-refractivity contribution in [3.05, 3.63) is 59.0 Å². The molecule has 3 aromatic rings. The van der Waals surface area contributed by atoms with Crippen molar-refractivity contribution >= 4 is 5.82 Å². The average molecular weight is 331 g/mol. The number of rotatable bonds is 2. The number of aryl methyl sites for hydroxylation is 1. The molecule has 0 saturated carbocycles. The van der Waals surface area contributed by atoms with E-state index < -0.39 is 0 Å². The maximum absolute atomic E-state index is 9.63. The molecule has 6 nitrogen and oxygen atoms in total. The van der Waals surface area contributed by atoms with Gasteiger partial charge in [-0.05, 0) is 43.2 Å². The molecule has 1 aromatic carbocycles. The van der Waals surface area contributed by atoms with Gasteiger partial charge in [-0.2, -0.15) is 10.4 Å². The second kappa shape index (κ2) is 5.72. The lowest BCUT2D eigenvalue weighted by Crippen LogP contribution is -2.05. The summed E-state index contributed by atoms with van der Waals surface area (Å²) in [5, 5.41) is 13.9. The smallest absolute Gasteiger partial charge is 0.142 e. The van der Waals surface area contributed by atoms with Crippen molar-refractivity contribution in [1.29, 1.82) is 5.26 Å². The first-order valence-corrected chi connectivity index (χ1v) is 8.05. The molecule has 2 aromatic heterocycles. The van der Waals surface area contributed by atoms with Gasteiger partial charge in [0, 0.05) is 23.5 Å². The van der Waals surface area contributed by atoms with E-state index in [9.17, 15) is 5.26 Å². The van der Waals surface area contributed by atoms with Gasteiger partial charge in [-0.25, -0.2) is 9.67 Å². The highest BCUT2D eigenvalue weighted by molar-refractivity contribution is 5.81. The van der Waals surface area contributed by atoms with Gasteiger partial charge in [0.05, 0.1) is 24.1 Å². The van der Waals surface area contributed by atoms with Gasteiger partial charge in [0.25, 0.3) is 0 Å². The van der Waals surface area contributed by atoms with E-state index in [4.69, 9.17) is 10.5 Å². The number of hydrogen-bond acceptors (Lipinski definition) is 5. The molecule has 124 valence electrons. The van der Waals surface area contributed by atoms with E-state index in [0.29, 0.717) is 12.2 Å². The molecule has 0 spiro atoms. The zero-order valence-corrected chi connectivity index (χ0v) is 14.0. The third kappa shape index (κ3) is 2.37. The van der Waals surface area contributed by atoms with Crippen molar-refractivity contribution in [2.75, 3.05) is 5.73 Å². The summed E-state index contributed by atoms with van der Waals surface area (Å²) in [4.78, 5) is 4.40. The fourth-order valence-electron chi connectivity index (χ4n) is 3.33. The zero-order valence-electron chi connectivity index (χ0n) is 14.0. The number of pyridine rings is 1. The lowest BCUT2D eigenvalue weighted by Gasteiger charge is -2.15. The maximum Gasteiger partial charge on any atom is 0.142 e. The molecule has 0 radical (unpaired) electrons. The molecule has 0 unspecified atom stereocenters. The highest BCUT2D eigenvalue weighted by Gasteiger charge is 2.28. The fourth-order valence-corrected chi connectivity index (χ4v) is 3.33. The summed E-state index contributed by atoms with van der Waals surface area (Å²) in [6, 6.07) is 10.1. The van der Waals surface area contributed by atoms with Gasteiger partial charge >= 0.3 is 0 Å². The van der Waals surface area contributed by atoms with E-state index in [2.05, 4.69) is 16.2 Å². The predicted molar refractivity (Wildman–Crippen MR) is 93.9 cm³/mol. The van der Waals surface area contributed by atoms with E-state index in [-0.39, 0.29) is 11.9 Å². The van der Waals surface area contributed by atoms with Crippen molar-refractivity contribution in [2.45, 2.75) is 26.6 Å². The summed E-state index contributed by atoms with van der Waals surface area (Å²) in [6.07, 6.45) is 3.52. The number of anilines is 1. The van der Waals surface area contributed by atoms with Crippen molar-refractivity contribution in [1.82, 2.24) is 14.8 Å². The van der Waals surface area contributed by atoms with E-state index in [1.807, 2.05) is 44.3 Å². The molecule has 0 fully saturated rings. The lowest BCUT2D eigenvalue weighted by molar-refractivity contribution is 0.0780. The standard InChI is InChI=1S/C19H17N5O/c1-11-8-13(24-7-3-6-22-24)4-5-14(11)17-15(9-20)19(21)23-18-12(2)25-10-16(17)18/h3-8,12H,10H2,1-2H3,(H2,21,23)/t12-/m1/s1. The van der Waals surface area contributed by atoms with Crippen molar-refractivity contribution in [3.63, 3.8) is 0 Å². The second-order valence-corrected chi connectivity index (χ2v) is 6.13. The molecular weight excluding hydrogens is 314 g/mol. The normalized spacial score (nSPS) is 15.8. The number of ether oxygens (including phenoxy) is 1. The summed E-state index contributed by atoms with van der Waals surface area (Å²) < 4.78 is 7.52. The number of nitriles is 1. The zero-order chi connectivity index (χ0) is 17.6. The number of hydrogen-bond donors (Lipinski definition) is 1. The summed E-state index contributed by atoms with van der Waals surface area (Å²) in [6.45, 7) is 4.40. The van der Waals surface area contributed by atoms with Crippen LogP contribution < -0.4 is 5.73 Å². The Morgan fingerprint density at radius 1 is 1.40 bits per heavy atom. The second-order valence-electron chi connectivity index (χ2n) is 6.13. The molecular formula is C19H17N5O. The summed E-state index contributed by atoms with van der Waals surface area (Å²) in [5.74, 6) is 0.254. The first-order valence-electron chi connectivity index (χ1n) is 8.05. The van der Waals surface area contributed by atoms with Crippen molar-refractivity contribution in [3.8, 4) is 22.9 Å². The molecule has 25 heavy (non-hydrogen) atoms. The Bertz CT molecular complexity index is 1000. The molecule has 0 saturated heterocycles. The monoisotopic (exact) mass is 331 g/mol. The largest absolute Gasteiger partial charge is 0.383 e. The minimum atomic E-state index is -0.118. The molecule has 2 N–H and O–H groups in total. The number of fused-ring (bicyclic) bond motifs is 1. The lowest BCUT2D eigenvalue weighted by atomic mass is 9.91. The molecule has 0 aliphatic carbocycles. The van der Waals surface area contributed by atoms with Gasteiger partial charge in [0.2, 0.25) is 0 Å². The molecule has 3 heterocycles. The number of nitrogens with two attached hydrogens (primary N) is 1. The number of aromatic nitrogens is 3. The Morgan fingerprint density at radius 3 is 2.92 bits per heavy atom. The third-order valence-corrected chi connectivity index (χ3v) is 4.58. The fraction of sp³-hybridized carbons (Fsp3) is 0.211. The van der Waals surface area contributed by atoms with Crippen molar-refractivity contribution < 1.29 is 4.74 Å². The van der Waals surface area contributed by atoms with Gasteiger partial charge in [0.1, 0.15) is 17.5 Å². The van der Waals surface area contributed by atoms with E-state index in [1.165, 1.54) is 0 Å². The Hall–Kier alpha value is -3.17. The minimum Gasteiger partial charge on any atom is -0.383 e. The number of benzene rings is 1.